The standard InChI is InChI=1S/C15H17N.C2H6/c1-3-10-16(2)12-13-8-9-14-6-4-5-7-15(14)11-13;1-2/h3-9,11H,1,10,12H2,2H3;1-2H3. The molecule has 2 rings (SSSR count). The molecule has 0 aliphatic rings. The van der Waals surface area contributed by atoms with E-state index in [0.717, 1.165) is 13.1 Å². The van der Waals surface area contributed by atoms with Gasteiger partial charge >= 0.3 is 0 Å². The fraction of sp³-hybridized carbons (Fsp3) is 0.294. The Morgan fingerprint density at radius 2 is 1.72 bits per heavy atom. The van der Waals surface area contributed by atoms with E-state index in [1.165, 1.54) is 16.3 Å². The molecule has 0 fully saturated rings. The minimum absolute atomic E-state index is 0.923. The lowest BCUT2D eigenvalue weighted by molar-refractivity contribution is 0.364. The van der Waals surface area contributed by atoms with Gasteiger partial charge in [-0.1, -0.05) is 56.3 Å². The van der Waals surface area contributed by atoms with E-state index in [2.05, 4.69) is 61.0 Å². The molecule has 0 radical (unpaired) electrons. The van der Waals surface area contributed by atoms with Crippen LogP contribution in [0.25, 0.3) is 10.8 Å². The maximum atomic E-state index is 3.75. The molecule has 0 unspecified atom stereocenters. The number of nitrogens with zero attached hydrogens (tertiary/aromatic N) is 1. The second kappa shape index (κ2) is 7.67. The maximum absolute atomic E-state index is 3.75. The fourth-order valence-corrected chi connectivity index (χ4v) is 1.93. The van der Waals surface area contributed by atoms with Crippen LogP contribution in [0.2, 0.25) is 0 Å². The Labute approximate surface area is 111 Å². The van der Waals surface area contributed by atoms with Crippen LogP contribution in [0.5, 0.6) is 0 Å². The first kappa shape index (κ1) is 14.5. The van der Waals surface area contributed by atoms with Crippen LogP contribution in [0.1, 0.15) is 19.4 Å². The van der Waals surface area contributed by atoms with Crippen molar-refractivity contribution < 1.29 is 0 Å². The van der Waals surface area contributed by atoms with E-state index in [-0.39, 0.29) is 0 Å². The van der Waals surface area contributed by atoms with Gasteiger partial charge in [-0.25, -0.2) is 0 Å². The van der Waals surface area contributed by atoms with Gasteiger partial charge in [-0.15, -0.1) is 6.58 Å². The van der Waals surface area contributed by atoms with E-state index in [1.807, 2.05) is 19.9 Å². The van der Waals surface area contributed by atoms with Gasteiger partial charge in [0.25, 0.3) is 0 Å². The van der Waals surface area contributed by atoms with Crippen molar-refractivity contribution in [1.82, 2.24) is 4.90 Å². The SMILES string of the molecule is C=CCN(C)Cc1ccc2ccccc2c1.CC. The summed E-state index contributed by atoms with van der Waals surface area (Å²) in [5.41, 5.74) is 1.35. The molecule has 0 atom stereocenters. The van der Waals surface area contributed by atoms with Gasteiger partial charge in [0.1, 0.15) is 0 Å². The normalized spacial score (nSPS) is 10.0. The topological polar surface area (TPSA) is 3.24 Å². The average molecular weight is 241 g/mol. The van der Waals surface area contributed by atoms with Crippen LogP contribution in [-0.2, 0) is 6.54 Å². The minimum Gasteiger partial charge on any atom is -0.298 e. The van der Waals surface area contributed by atoms with Crippen molar-refractivity contribution in [3.63, 3.8) is 0 Å². The number of hydrogen-bond acceptors (Lipinski definition) is 1. The van der Waals surface area contributed by atoms with Gasteiger partial charge in [0.05, 0.1) is 0 Å². The van der Waals surface area contributed by atoms with Crippen molar-refractivity contribution in [2.75, 3.05) is 13.6 Å². The molecule has 0 bridgehead atoms. The summed E-state index contributed by atoms with van der Waals surface area (Å²) in [7, 11) is 2.11. The van der Waals surface area contributed by atoms with Crippen molar-refractivity contribution in [2.45, 2.75) is 20.4 Å². The van der Waals surface area contributed by atoms with Crippen molar-refractivity contribution >= 4 is 10.8 Å². The molecular weight excluding hydrogens is 218 g/mol. The van der Waals surface area contributed by atoms with Crippen LogP contribution in [0.3, 0.4) is 0 Å². The third-order valence-electron chi connectivity index (χ3n) is 2.71. The Bertz CT molecular complexity index is 488. The number of likely N-dealkylation sites (N-methyl/N-ethyl adjacent to an activating group) is 1. The van der Waals surface area contributed by atoms with Crippen LogP contribution < -0.4 is 0 Å². The molecule has 1 nitrogen and oxygen atoms in total. The summed E-state index contributed by atoms with van der Waals surface area (Å²) < 4.78 is 0. The minimum atomic E-state index is 0.923. The number of hydrogen-bond donors (Lipinski definition) is 0. The quantitative estimate of drug-likeness (QED) is 0.713. The Kier molecular flexibility index (Phi) is 6.16. The van der Waals surface area contributed by atoms with E-state index in [9.17, 15) is 0 Å². The van der Waals surface area contributed by atoms with E-state index >= 15 is 0 Å². The first-order valence-electron chi connectivity index (χ1n) is 6.57. The van der Waals surface area contributed by atoms with Crippen LogP contribution in [0, 0.1) is 0 Å². The van der Waals surface area contributed by atoms with E-state index in [1.54, 1.807) is 0 Å². The van der Waals surface area contributed by atoms with Crippen molar-refractivity contribution in [3.05, 3.63) is 60.7 Å². The van der Waals surface area contributed by atoms with Crippen LogP contribution in [-0.4, -0.2) is 18.5 Å². The Morgan fingerprint density at radius 3 is 2.39 bits per heavy atom. The van der Waals surface area contributed by atoms with Crippen molar-refractivity contribution in [2.24, 2.45) is 0 Å². The number of fused-ring (bicyclic) bond motifs is 1. The zero-order valence-corrected chi connectivity index (χ0v) is 11.7. The first-order chi connectivity index (χ1) is 8.79. The number of rotatable bonds is 4. The zero-order valence-electron chi connectivity index (χ0n) is 11.7. The molecule has 0 saturated heterocycles. The lowest BCUT2D eigenvalue weighted by Gasteiger charge is -2.14. The predicted molar refractivity (Wildman–Crippen MR) is 81.8 cm³/mol. The summed E-state index contributed by atoms with van der Waals surface area (Å²) >= 11 is 0. The van der Waals surface area contributed by atoms with Gasteiger partial charge in [0.15, 0.2) is 0 Å². The lowest BCUT2D eigenvalue weighted by atomic mass is 10.1. The largest absolute Gasteiger partial charge is 0.298 e. The van der Waals surface area contributed by atoms with Gasteiger partial charge in [0.2, 0.25) is 0 Å². The van der Waals surface area contributed by atoms with E-state index in [0.29, 0.717) is 0 Å². The second-order valence-corrected chi connectivity index (χ2v) is 4.17. The van der Waals surface area contributed by atoms with Crippen LogP contribution in [0.4, 0.5) is 0 Å². The van der Waals surface area contributed by atoms with Gasteiger partial charge in [-0.2, -0.15) is 0 Å². The predicted octanol–water partition coefficient (Wildman–Crippen LogP) is 4.48. The highest BCUT2D eigenvalue weighted by Crippen LogP contribution is 2.16. The summed E-state index contributed by atoms with van der Waals surface area (Å²) in [5, 5.41) is 2.62. The van der Waals surface area contributed by atoms with Gasteiger partial charge in [0, 0.05) is 13.1 Å². The molecule has 96 valence electrons. The maximum Gasteiger partial charge on any atom is 0.0234 e. The first-order valence-corrected chi connectivity index (χ1v) is 6.57. The third kappa shape index (κ3) is 4.01. The molecule has 0 N–H and O–H groups in total. The highest BCUT2D eigenvalue weighted by Gasteiger charge is 1.99. The third-order valence-corrected chi connectivity index (χ3v) is 2.71. The molecule has 0 saturated carbocycles. The molecule has 0 aromatic heterocycles. The summed E-state index contributed by atoms with van der Waals surface area (Å²) in [6.45, 7) is 9.64. The van der Waals surface area contributed by atoms with Crippen molar-refractivity contribution in [3.8, 4) is 0 Å². The van der Waals surface area contributed by atoms with Gasteiger partial charge < -0.3 is 0 Å². The molecule has 2 aromatic carbocycles. The van der Waals surface area contributed by atoms with Gasteiger partial charge in [-0.3, -0.25) is 4.90 Å². The summed E-state index contributed by atoms with van der Waals surface area (Å²) in [6.07, 6.45) is 1.93. The van der Waals surface area contributed by atoms with Gasteiger partial charge in [-0.05, 0) is 29.4 Å². The number of benzene rings is 2. The summed E-state index contributed by atoms with van der Waals surface area (Å²) in [6, 6.07) is 15.1. The Balaban J connectivity index is 0.000000771. The van der Waals surface area contributed by atoms with Crippen LogP contribution >= 0.6 is 0 Å². The smallest absolute Gasteiger partial charge is 0.0234 e. The molecule has 0 heterocycles. The molecule has 18 heavy (non-hydrogen) atoms. The summed E-state index contributed by atoms with van der Waals surface area (Å²) in [5.74, 6) is 0. The second-order valence-electron chi connectivity index (χ2n) is 4.17. The molecular formula is C17H23N. The highest BCUT2D eigenvalue weighted by atomic mass is 15.1. The molecule has 0 aliphatic heterocycles. The molecule has 0 aliphatic carbocycles. The molecule has 0 spiro atoms. The van der Waals surface area contributed by atoms with E-state index < -0.39 is 0 Å². The highest BCUT2D eigenvalue weighted by molar-refractivity contribution is 5.82. The Morgan fingerprint density at radius 1 is 1.06 bits per heavy atom. The Hall–Kier alpha value is -1.60. The zero-order chi connectivity index (χ0) is 13.4. The van der Waals surface area contributed by atoms with Crippen molar-refractivity contribution in [1.29, 1.82) is 0 Å². The lowest BCUT2D eigenvalue weighted by Crippen LogP contribution is -2.17. The summed E-state index contributed by atoms with van der Waals surface area (Å²) in [4.78, 5) is 2.25. The van der Waals surface area contributed by atoms with E-state index in [4.69, 9.17) is 0 Å². The van der Waals surface area contributed by atoms with Crippen LogP contribution in [0.15, 0.2) is 55.1 Å². The molecule has 0 amide bonds. The fourth-order valence-electron chi connectivity index (χ4n) is 1.93. The molecule has 1 heteroatoms. The average Bonchev–Trinajstić information content (AvgIpc) is 2.41. The molecule has 2 aromatic rings. The monoisotopic (exact) mass is 241 g/mol.